The molecule has 2 N–H and O–H groups in total. The Kier molecular flexibility index (Phi) is 6.64. The molecule has 0 atom stereocenters. The fourth-order valence-electron chi connectivity index (χ4n) is 3.24. The molecule has 8 nitrogen and oxygen atoms in total. The van der Waals surface area contributed by atoms with E-state index in [-0.39, 0.29) is 24.4 Å². The number of likely N-dealkylation sites (tertiary alicyclic amines) is 1. The van der Waals surface area contributed by atoms with Crippen LogP contribution in [-0.2, 0) is 11.3 Å². The van der Waals surface area contributed by atoms with Gasteiger partial charge in [-0.15, -0.1) is 0 Å². The number of imidazole rings is 1. The Balaban J connectivity index is 1.55. The van der Waals surface area contributed by atoms with Crippen molar-refractivity contribution in [3.8, 4) is 0 Å². The van der Waals surface area contributed by atoms with Gasteiger partial charge in [-0.2, -0.15) is 0 Å². The van der Waals surface area contributed by atoms with E-state index < -0.39 is 0 Å². The molecule has 3 rings (SSSR count). The summed E-state index contributed by atoms with van der Waals surface area (Å²) in [4.78, 5) is 35.4. The first-order valence-corrected chi connectivity index (χ1v) is 9.76. The first kappa shape index (κ1) is 20.3. The van der Waals surface area contributed by atoms with Crippen molar-refractivity contribution in [1.82, 2.24) is 24.8 Å². The third-order valence-corrected chi connectivity index (χ3v) is 5.07. The topological polar surface area (TPSA) is 92.2 Å². The minimum absolute atomic E-state index is 0.0289. The maximum atomic E-state index is 12.6. The van der Waals surface area contributed by atoms with E-state index in [0.717, 1.165) is 25.9 Å². The van der Waals surface area contributed by atoms with Crippen molar-refractivity contribution in [3.63, 3.8) is 0 Å². The molecule has 1 saturated heterocycles. The lowest BCUT2D eigenvalue weighted by atomic mass is 10.0. The van der Waals surface area contributed by atoms with Crippen LogP contribution in [0.4, 0.5) is 5.82 Å². The second kappa shape index (κ2) is 9.16. The van der Waals surface area contributed by atoms with Crippen molar-refractivity contribution >= 4 is 29.2 Å². The smallest absolute Gasteiger partial charge is 0.269 e. The van der Waals surface area contributed by atoms with E-state index in [1.807, 2.05) is 0 Å². The molecule has 0 aliphatic carbocycles. The third-order valence-electron chi connectivity index (χ3n) is 4.85. The lowest BCUT2D eigenvalue weighted by Crippen LogP contribution is -2.47. The quantitative estimate of drug-likeness (QED) is 0.769. The molecule has 2 aromatic rings. The first-order chi connectivity index (χ1) is 13.4. The highest BCUT2D eigenvalue weighted by atomic mass is 35.5. The van der Waals surface area contributed by atoms with Crippen LogP contribution in [0.25, 0.3) is 0 Å². The van der Waals surface area contributed by atoms with Gasteiger partial charge in [-0.25, -0.2) is 9.97 Å². The van der Waals surface area contributed by atoms with Crippen LogP contribution in [0.2, 0.25) is 5.02 Å². The van der Waals surface area contributed by atoms with Crippen LogP contribution in [0.3, 0.4) is 0 Å². The Bertz CT molecular complexity index is 812. The van der Waals surface area contributed by atoms with Crippen molar-refractivity contribution in [1.29, 1.82) is 0 Å². The minimum Gasteiger partial charge on any atom is -0.348 e. The van der Waals surface area contributed by atoms with Gasteiger partial charge in [-0.1, -0.05) is 11.6 Å². The number of halogens is 1. The summed E-state index contributed by atoms with van der Waals surface area (Å²) in [5.74, 6) is -0.109. The van der Waals surface area contributed by atoms with E-state index >= 15 is 0 Å². The van der Waals surface area contributed by atoms with E-state index in [1.54, 1.807) is 12.1 Å². The summed E-state index contributed by atoms with van der Waals surface area (Å²) in [5, 5.41) is 6.23. The summed E-state index contributed by atoms with van der Waals surface area (Å²) in [6.07, 6.45) is 6.25. The number of carbonyl (C=O) groups is 2. The zero-order valence-electron chi connectivity index (χ0n) is 16.1. The van der Waals surface area contributed by atoms with Gasteiger partial charge in [0.15, 0.2) is 0 Å². The predicted octanol–water partition coefficient (Wildman–Crippen LogP) is 2.17. The molecule has 150 valence electrons. The predicted molar refractivity (Wildman–Crippen MR) is 107 cm³/mol. The average molecular weight is 405 g/mol. The lowest BCUT2D eigenvalue weighted by molar-refractivity contribution is -0.116. The Morgan fingerprint density at radius 2 is 2.00 bits per heavy atom. The monoisotopic (exact) mass is 404 g/mol. The van der Waals surface area contributed by atoms with Gasteiger partial charge in [0.1, 0.15) is 18.1 Å². The van der Waals surface area contributed by atoms with Crippen LogP contribution in [0.1, 0.15) is 37.2 Å². The lowest BCUT2D eigenvalue weighted by Gasteiger charge is -2.34. The largest absolute Gasteiger partial charge is 0.348 e. The molecule has 0 saturated carbocycles. The number of amides is 2. The standard InChI is InChI=1S/C19H25ClN6O2/c1-13(2)25-7-5-15(6-8-25)23-19(28)16-10-21-12-26(16)11-18(27)24-17-4-3-14(20)9-22-17/h3-4,9-10,12-13,15H,5-8,11H2,1-2H3,(H,23,28)(H,22,24,27). The van der Waals surface area contributed by atoms with E-state index in [0.29, 0.717) is 22.6 Å². The molecule has 2 aromatic heterocycles. The van der Waals surface area contributed by atoms with E-state index in [4.69, 9.17) is 11.6 Å². The summed E-state index contributed by atoms with van der Waals surface area (Å²) < 4.78 is 1.53. The second-order valence-corrected chi connectivity index (χ2v) is 7.63. The molecule has 1 aliphatic rings. The number of piperidine rings is 1. The van der Waals surface area contributed by atoms with Gasteiger partial charge in [-0.05, 0) is 38.8 Å². The highest BCUT2D eigenvalue weighted by Crippen LogP contribution is 2.14. The maximum Gasteiger partial charge on any atom is 0.269 e. The molecule has 1 aliphatic heterocycles. The second-order valence-electron chi connectivity index (χ2n) is 7.19. The Morgan fingerprint density at radius 1 is 1.25 bits per heavy atom. The fraction of sp³-hybridized carbons (Fsp3) is 0.474. The van der Waals surface area contributed by atoms with Crippen molar-refractivity contribution in [3.05, 3.63) is 41.6 Å². The summed E-state index contributed by atoms with van der Waals surface area (Å²) >= 11 is 5.79. The van der Waals surface area contributed by atoms with Gasteiger partial charge < -0.3 is 20.1 Å². The maximum absolute atomic E-state index is 12.6. The molecule has 28 heavy (non-hydrogen) atoms. The number of rotatable bonds is 6. The highest BCUT2D eigenvalue weighted by molar-refractivity contribution is 6.30. The molecule has 0 aromatic carbocycles. The number of anilines is 1. The SMILES string of the molecule is CC(C)N1CCC(NC(=O)c2cncn2CC(=O)Nc2ccc(Cl)cn2)CC1. The van der Waals surface area contributed by atoms with Gasteiger partial charge in [0.05, 0.1) is 17.5 Å². The summed E-state index contributed by atoms with van der Waals surface area (Å²) in [7, 11) is 0. The summed E-state index contributed by atoms with van der Waals surface area (Å²) in [6, 6.07) is 3.92. The minimum atomic E-state index is -0.299. The van der Waals surface area contributed by atoms with Gasteiger partial charge in [0, 0.05) is 31.4 Å². The Labute approximate surface area is 169 Å². The van der Waals surface area contributed by atoms with E-state index in [2.05, 4.69) is 39.3 Å². The van der Waals surface area contributed by atoms with Crippen molar-refractivity contribution in [2.45, 2.75) is 45.3 Å². The van der Waals surface area contributed by atoms with Gasteiger partial charge in [-0.3, -0.25) is 9.59 Å². The van der Waals surface area contributed by atoms with Crippen molar-refractivity contribution in [2.24, 2.45) is 0 Å². The molecule has 0 bridgehead atoms. The van der Waals surface area contributed by atoms with E-state index in [9.17, 15) is 9.59 Å². The molecule has 0 spiro atoms. The number of aromatic nitrogens is 3. The van der Waals surface area contributed by atoms with Crippen LogP contribution in [0.15, 0.2) is 30.9 Å². The molecule has 3 heterocycles. The Hall–Kier alpha value is -2.45. The summed E-state index contributed by atoms with van der Waals surface area (Å²) in [6.45, 7) is 6.28. The van der Waals surface area contributed by atoms with E-state index in [1.165, 1.54) is 23.3 Å². The highest BCUT2D eigenvalue weighted by Gasteiger charge is 2.23. The number of nitrogens with one attached hydrogen (secondary N) is 2. The molecule has 0 radical (unpaired) electrons. The number of nitrogens with zero attached hydrogens (tertiary/aromatic N) is 4. The van der Waals surface area contributed by atoms with Crippen molar-refractivity contribution in [2.75, 3.05) is 18.4 Å². The molecule has 2 amide bonds. The van der Waals surface area contributed by atoms with Gasteiger partial charge in [0.2, 0.25) is 5.91 Å². The molecular formula is C19H25ClN6O2. The molecule has 0 unspecified atom stereocenters. The van der Waals surface area contributed by atoms with Crippen LogP contribution < -0.4 is 10.6 Å². The number of carbonyl (C=O) groups excluding carboxylic acids is 2. The van der Waals surface area contributed by atoms with Crippen LogP contribution in [0.5, 0.6) is 0 Å². The molecular weight excluding hydrogens is 380 g/mol. The zero-order valence-corrected chi connectivity index (χ0v) is 16.8. The van der Waals surface area contributed by atoms with Crippen LogP contribution in [0, 0.1) is 0 Å². The molecule has 9 heteroatoms. The van der Waals surface area contributed by atoms with Gasteiger partial charge in [0.25, 0.3) is 5.91 Å². The first-order valence-electron chi connectivity index (χ1n) is 9.39. The zero-order chi connectivity index (χ0) is 20.1. The van der Waals surface area contributed by atoms with Crippen LogP contribution >= 0.6 is 11.6 Å². The number of hydrogen-bond donors (Lipinski definition) is 2. The summed E-state index contributed by atoms with van der Waals surface area (Å²) in [5.41, 5.74) is 0.366. The number of pyridine rings is 1. The van der Waals surface area contributed by atoms with Crippen LogP contribution in [-0.4, -0.2) is 56.4 Å². The fourth-order valence-corrected chi connectivity index (χ4v) is 3.35. The van der Waals surface area contributed by atoms with Gasteiger partial charge >= 0.3 is 0 Å². The Morgan fingerprint density at radius 3 is 2.64 bits per heavy atom. The normalized spacial score (nSPS) is 15.6. The third kappa shape index (κ3) is 5.30. The molecule has 1 fully saturated rings. The average Bonchev–Trinajstić information content (AvgIpc) is 3.12. The van der Waals surface area contributed by atoms with Crippen molar-refractivity contribution < 1.29 is 9.59 Å². The number of hydrogen-bond acceptors (Lipinski definition) is 5.